The molecule has 0 aliphatic carbocycles. The summed E-state index contributed by atoms with van der Waals surface area (Å²) in [6, 6.07) is 11.9. The minimum atomic E-state index is -1.14. The molecule has 0 fully saturated rings. The summed E-state index contributed by atoms with van der Waals surface area (Å²) in [6.07, 6.45) is 1.80. The minimum Gasteiger partial charge on any atom is -0.497 e. The summed E-state index contributed by atoms with van der Waals surface area (Å²) in [7, 11) is 3.10. The number of rotatable bonds is 6. The van der Waals surface area contributed by atoms with E-state index in [-0.39, 0.29) is 0 Å². The molecule has 0 aliphatic rings. The van der Waals surface area contributed by atoms with Crippen molar-refractivity contribution in [2.75, 3.05) is 14.2 Å². The van der Waals surface area contributed by atoms with Crippen molar-refractivity contribution in [3.63, 3.8) is 0 Å². The van der Waals surface area contributed by atoms with Crippen molar-refractivity contribution in [3.8, 4) is 11.5 Å². The standard InChI is InChI=1S/C19H20N2O4/c1-24-11-7-8-16(25-2)13(9-11)17(18(20)19(22)23)14-10-21-15-6-4-3-5-12(14)15/h3-10,17-18,21H,20H2,1-2H3,(H,22,23)/t17-,18+/m1/s1. The molecule has 6 heteroatoms. The van der Waals surface area contributed by atoms with Gasteiger partial charge in [0.05, 0.1) is 14.2 Å². The molecule has 0 saturated carbocycles. The van der Waals surface area contributed by atoms with Crippen LogP contribution in [0.4, 0.5) is 0 Å². The summed E-state index contributed by atoms with van der Waals surface area (Å²) in [5.74, 6) is -0.509. The van der Waals surface area contributed by atoms with Crippen LogP contribution in [-0.2, 0) is 4.79 Å². The maximum Gasteiger partial charge on any atom is 0.321 e. The van der Waals surface area contributed by atoms with E-state index >= 15 is 0 Å². The highest BCUT2D eigenvalue weighted by Gasteiger charge is 2.32. The quantitative estimate of drug-likeness (QED) is 0.641. The molecule has 2 aromatic carbocycles. The fourth-order valence-corrected chi connectivity index (χ4v) is 3.13. The summed E-state index contributed by atoms with van der Waals surface area (Å²) >= 11 is 0. The van der Waals surface area contributed by atoms with Crippen LogP contribution in [-0.4, -0.2) is 36.3 Å². The van der Waals surface area contributed by atoms with Gasteiger partial charge in [-0.25, -0.2) is 0 Å². The van der Waals surface area contributed by atoms with Crippen LogP contribution in [0, 0.1) is 0 Å². The molecule has 2 atom stereocenters. The summed E-state index contributed by atoms with van der Waals surface area (Å²) in [6.45, 7) is 0. The highest BCUT2D eigenvalue weighted by Crippen LogP contribution is 2.39. The molecule has 25 heavy (non-hydrogen) atoms. The van der Waals surface area contributed by atoms with Gasteiger partial charge in [0.1, 0.15) is 17.5 Å². The number of ether oxygens (including phenoxy) is 2. The predicted octanol–water partition coefficient (Wildman–Crippen LogP) is 2.73. The number of aromatic nitrogens is 1. The summed E-state index contributed by atoms with van der Waals surface area (Å²) in [5.41, 5.74) is 8.47. The van der Waals surface area contributed by atoms with E-state index in [1.165, 1.54) is 0 Å². The molecule has 130 valence electrons. The van der Waals surface area contributed by atoms with Crippen molar-refractivity contribution in [2.24, 2.45) is 5.73 Å². The van der Waals surface area contributed by atoms with Crippen molar-refractivity contribution in [3.05, 3.63) is 59.8 Å². The van der Waals surface area contributed by atoms with E-state index in [2.05, 4.69) is 4.98 Å². The third-order valence-corrected chi connectivity index (χ3v) is 4.37. The van der Waals surface area contributed by atoms with E-state index in [1.54, 1.807) is 38.6 Å². The Hall–Kier alpha value is -2.99. The SMILES string of the molecule is COc1ccc(OC)c([C@H](c2c[nH]c3ccccc23)[C@H](N)C(=O)O)c1. The van der Waals surface area contributed by atoms with E-state index in [0.717, 1.165) is 16.5 Å². The number of carboxylic acids is 1. The first-order chi connectivity index (χ1) is 12.1. The number of fused-ring (bicyclic) bond motifs is 1. The van der Waals surface area contributed by atoms with Crippen LogP contribution in [0.1, 0.15) is 17.0 Å². The molecule has 0 bridgehead atoms. The number of carbonyl (C=O) groups is 1. The Morgan fingerprint density at radius 3 is 2.56 bits per heavy atom. The van der Waals surface area contributed by atoms with Gasteiger partial charge in [-0.3, -0.25) is 4.79 Å². The van der Waals surface area contributed by atoms with Crippen LogP contribution < -0.4 is 15.2 Å². The van der Waals surface area contributed by atoms with E-state index in [4.69, 9.17) is 15.2 Å². The van der Waals surface area contributed by atoms with Crippen LogP contribution in [0.5, 0.6) is 11.5 Å². The van der Waals surface area contributed by atoms with Gasteiger partial charge in [-0.1, -0.05) is 18.2 Å². The number of benzene rings is 2. The molecule has 0 spiro atoms. The predicted molar refractivity (Wildman–Crippen MR) is 95.3 cm³/mol. The Kier molecular flexibility index (Phi) is 4.63. The third kappa shape index (κ3) is 3.04. The van der Waals surface area contributed by atoms with Gasteiger partial charge in [0, 0.05) is 28.6 Å². The van der Waals surface area contributed by atoms with Gasteiger partial charge in [0.15, 0.2) is 0 Å². The van der Waals surface area contributed by atoms with Gasteiger partial charge in [0.2, 0.25) is 0 Å². The molecule has 6 nitrogen and oxygen atoms in total. The number of carboxylic acid groups (broad SMARTS) is 1. The Bertz CT molecular complexity index is 903. The first kappa shape index (κ1) is 16.9. The number of aliphatic carboxylic acids is 1. The van der Waals surface area contributed by atoms with Gasteiger partial charge < -0.3 is 25.3 Å². The lowest BCUT2D eigenvalue weighted by molar-refractivity contribution is -0.138. The lowest BCUT2D eigenvalue weighted by Crippen LogP contribution is -2.37. The number of nitrogens with one attached hydrogen (secondary N) is 1. The fourth-order valence-electron chi connectivity index (χ4n) is 3.13. The largest absolute Gasteiger partial charge is 0.497 e. The van der Waals surface area contributed by atoms with E-state index < -0.39 is 17.9 Å². The molecule has 3 aromatic rings. The van der Waals surface area contributed by atoms with Crippen LogP contribution in [0.2, 0.25) is 0 Å². The molecule has 4 N–H and O–H groups in total. The molecule has 1 heterocycles. The zero-order valence-corrected chi connectivity index (χ0v) is 14.0. The summed E-state index contributed by atoms with van der Waals surface area (Å²) in [4.78, 5) is 14.9. The average Bonchev–Trinajstić information content (AvgIpc) is 3.05. The average molecular weight is 340 g/mol. The lowest BCUT2D eigenvalue weighted by atomic mass is 9.84. The maximum atomic E-state index is 11.7. The van der Waals surface area contributed by atoms with Gasteiger partial charge >= 0.3 is 5.97 Å². The van der Waals surface area contributed by atoms with E-state index in [1.807, 2.05) is 24.3 Å². The Morgan fingerprint density at radius 2 is 1.88 bits per heavy atom. The van der Waals surface area contributed by atoms with Gasteiger partial charge in [0.25, 0.3) is 0 Å². The van der Waals surface area contributed by atoms with Crippen LogP contribution in [0.25, 0.3) is 10.9 Å². The Morgan fingerprint density at radius 1 is 1.12 bits per heavy atom. The number of hydrogen-bond acceptors (Lipinski definition) is 4. The molecule has 0 radical (unpaired) electrons. The van der Waals surface area contributed by atoms with Crippen molar-refractivity contribution < 1.29 is 19.4 Å². The molecule has 3 rings (SSSR count). The molecule has 0 unspecified atom stereocenters. The zero-order valence-electron chi connectivity index (χ0n) is 14.0. The number of para-hydroxylation sites is 1. The van der Waals surface area contributed by atoms with E-state index in [9.17, 15) is 9.90 Å². The smallest absolute Gasteiger partial charge is 0.321 e. The molecule has 0 aliphatic heterocycles. The Labute approximate surface area is 145 Å². The minimum absolute atomic E-state index is 0.563. The molecule has 0 amide bonds. The van der Waals surface area contributed by atoms with E-state index in [0.29, 0.717) is 17.1 Å². The molecular weight excluding hydrogens is 320 g/mol. The molecule has 0 saturated heterocycles. The van der Waals surface area contributed by atoms with Crippen molar-refractivity contribution in [2.45, 2.75) is 12.0 Å². The van der Waals surface area contributed by atoms with Crippen LogP contribution >= 0.6 is 0 Å². The Balaban J connectivity index is 2.25. The molecule has 1 aromatic heterocycles. The van der Waals surface area contributed by atoms with Gasteiger partial charge in [-0.15, -0.1) is 0 Å². The van der Waals surface area contributed by atoms with Crippen LogP contribution in [0.15, 0.2) is 48.7 Å². The second kappa shape index (κ2) is 6.86. The van der Waals surface area contributed by atoms with Crippen molar-refractivity contribution >= 4 is 16.9 Å². The molecular formula is C19H20N2O4. The normalized spacial score (nSPS) is 13.4. The van der Waals surface area contributed by atoms with Gasteiger partial charge in [-0.05, 0) is 29.8 Å². The van der Waals surface area contributed by atoms with Crippen molar-refractivity contribution in [1.82, 2.24) is 4.98 Å². The van der Waals surface area contributed by atoms with Crippen molar-refractivity contribution in [1.29, 1.82) is 0 Å². The summed E-state index contributed by atoms with van der Waals surface area (Å²) < 4.78 is 10.7. The number of hydrogen-bond donors (Lipinski definition) is 3. The second-order valence-corrected chi connectivity index (χ2v) is 5.74. The third-order valence-electron chi connectivity index (χ3n) is 4.37. The topological polar surface area (TPSA) is 97.6 Å². The summed E-state index contributed by atoms with van der Waals surface area (Å²) in [5, 5.41) is 10.5. The maximum absolute atomic E-state index is 11.7. The zero-order chi connectivity index (χ0) is 18.0. The lowest BCUT2D eigenvalue weighted by Gasteiger charge is -2.23. The fraction of sp³-hybridized carbons (Fsp3) is 0.211. The number of nitrogens with two attached hydrogens (primary N) is 1. The van der Waals surface area contributed by atoms with Crippen LogP contribution in [0.3, 0.4) is 0 Å². The number of methoxy groups -OCH3 is 2. The van der Waals surface area contributed by atoms with Gasteiger partial charge in [-0.2, -0.15) is 0 Å². The number of aromatic amines is 1. The second-order valence-electron chi connectivity index (χ2n) is 5.74. The highest BCUT2D eigenvalue weighted by molar-refractivity contribution is 5.86. The number of H-pyrrole nitrogens is 1. The highest BCUT2D eigenvalue weighted by atomic mass is 16.5. The monoisotopic (exact) mass is 340 g/mol. The first-order valence-corrected chi connectivity index (χ1v) is 7.83. The first-order valence-electron chi connectivity index (χ1n) is 7.83.